The first-order valence-corrected chi connectivity index (χ1v) is 15.1. The highest BCUT2D eigenvalue weighted by molar-refractivity contribution is 7.16. The predicted molar refractivity (Wildman–Crippen MR) is 169 cm³/mol. The standard InChI is InChI=1S/C35H35N3OS/c1-24-18-19-28(20-25(24)2)37-34(39)33-30-15-8-3-4-9-17-32(30)40-35(33)36-21-27-23-38(22-26-12-6-5-7-13-26)31-16-11-10-14-29(27)31/h5-7,10-14,16,18-21,23H,3-4,8-9,15,17,22H2,1-2H3,(H,37,39). The van der Waals surface area contributed by atoms with Gasteiger partial charge in [0, 0.05) is 46.0 Å². The Morgan fingerprint density at radius 2 is 1.70 bits per heavy atom. The van der Waals surface area contributed by atoms with E-state index in [1.54, 1.807) is 11.3 Å². The van der Waals surface area contributed by atoms with Gasteiger partial charge in [-0.05, 0) is 80.0 Å². The number of rotatable bonds is 6. The van der Waals surface area contributed by atoms with E-state index in [2.05, 4.69) is 84.5 Å². The number of fused-ring (bicyclic) bond motifs is 2. The molecular weight excluding hydrogens is 510 g/mol. The Morgan fingerprint density at radius 3 is 2.52 bits per heavy atom. The van der Waals surface area contributed by atoms with E-state index in [0.29, 0.717) is 0 Å². The van der Waals surface area contributed by atoms with Gasteiger partial charge in [0.05, 0.1) is 5.56 Å². The second-order valence-corrected chi connectivity index (χ2v) is 11.9. The fourth-order valence-electron chi connectivity index (χ4n) is 5.66. The lowest BCUT2D eigenvalue weighted by molar-refractivity contribution is 0.102. The smallest absolute Gasteiger partial charge is 0.259 e. The van der Waals surface area contributed by atoms with Crippen LogP contribution in [0.1, 0.15) is 68.7 Å². The van der Waals surface area contributed by atoms with Crippen LogP contribution in [0.3, 0.4) is 0 Å². The molecule has 1 aliphatic carbocycles. The Balaban J connectivity index is 1.37. The van der Waals surface area contributed by atoms with E-state index in [0.717, 1.165) is 47.6 Å². The number of anilines is 1. The van der Waals surface area contributed by atoms with Crippen molar-refractivity contribution in [3.8, 4) is 0 Å². The molecule has 0 unspecified atom stereocenters. The van der Waals surface area contributed by atoms with Crippen molar-refractivity contribution in [1.82, 2.24) is 4.57 Å². The number of carbonyl (C=O) groups excluding carboxylic acids is 1. The van der Waals surface area contributed by atoms with Crippen molar-refractivity contribution in [2.24, 2.45) is 4.99 Å². The zero-order valence-corrected chi connectivity index (χ0v) is 24.1. The summed E-state index contributed by atoms with van der Waals surface area (Å²) in [6.07, 6.45) is 10.8. The molecule has 1 N–H and O–H groups in total. The number of para-hydroxylation sites is 1. The highest BCUT2D eigenvalue weighted by Gasteiger charge is 2.24. The monoisotopic (exact) mass is 545 g/mol. The first-order chi connectivity index (χ1) is 19.6. The number of thiophene rings is 1. The number of hydrogen-bond acceptors (Lipinski definition) is 3. The third-order valence-corrected chi connectivity index (χ3v) is 9.18. The molecule has 0 spiro atoms. The molecule has 0 fully saturated rings. The van der Waals surface area contributed by atoms with Gasteiger partial charge in [-0.25, -0.2) is 4.99 Å². The molecule has 3 aromatic carbocycles. The number of aromatic nitrogens is 1. The fraction of sp³-hybridized carbons (Fsp3) is 0.257. The van der Waals surface area contributed by atoms with E-state index in [1.807, 2.05) is 24.4 Å². The highest BCUT2D eigenvalue weighted by atomic mass is 32.1. The summed E-state index contributed by atoms with van der Waals surface area (Å²) in [6, 6.07) is 25.1. The molecule has 0 aliphatic heterocycles. The number of carbonyl (C=O) groups is 1. The zero-order chi connectivity index (χ0) is 27.5. The Kier molecular flexibility index (Phi) is 7.65. The summed E-state index contributed by atoms with van der Waals surface area (Å²) in [7, 11) is 0. The normalized spacial score (nSPS) is 13.8. The summed E-state index contributed by atoms with van der Waals surface area (Å²) in [6.45, 7) is 4.97. The van der Waals surface area contributed by atoms with Crippen LogP contribution in [0, 0.1) is 13.8 Å². The van der Waals surface area contributed by atoms with Crippen molar-refractivity contribution in [2.45, 2.75) is 58.9 Å². The lowest BCUT2D eigenvalue weighted by Gasteiger charge is -2.12. The maximum Gasteiger partial charge on any atom is 0.259 e. The van der Waals surface area contributed by atoms with Crippen molar-refractivity contribution in [1.29, 1.82) is 0 Å². The Hall–Kier alpha value is -3.96. The predicted octanol–water partition coefficient (Wildman–Crippen LogP) is 9.03. The molecule has 0 bridgehead atoms. The molecule has 202 valence electrons. The Morgan fingerprint density at radius 1 is 0.925 bits per heavy atom. The van der Waals surface area contributed by atoms with Gasteiger partial charge in [-0.1, -0.05) is 67.4 Å². The number of benzene rings is 3. The summed E-state index contributed by atoms with van der Waals surface area (Å²) in [5.41, 5.74) is 8.67. The minimum Gasteiger partial charge on any atom is -0.342 e. The summed E-state index contributed by atoms with van der Waals surface area (Å²) < 4.78 is 2.28. The van der Waals surface area contributed by atoms with Crippen molar-refractivity contribution >= 4 is 45.0 Å². The SMILES string of the molecule is Cc1ccc(NC(=O)c2c(N=Cc3cn(Cc4ccccc4)c4ccccc34)sc3c2CCCCCC3)cc1C. The van der Waals surface area contributed by atoms with Crippen LogP contribution in [0.5, 0.6) is 0 Å². The van der Waals surface area contributed by atoms with E-state index in [1.165, 1.54) is 57.3 Å². The molecule has 6 rings (SSSR count). The van der Waals surface area contributed by atoms with Gasteiger partial charge >= 0.3 is 0 Å². The van der Waals surface area contributed by atoms with Gasteiger partial charge < -0.3 is 9.88 Å². The van der Waals surface area contributed by atoms with Gasteiger partial charge in [-0.15, -0.1) is 11.3 Å². The number of aliphatic imine (C=N–C) groups is 1. The van der Waals surface area contributed by atoms with E-state index in [4.69, 9.17) is 4.99 Å². The van der Waals surface area contributed by atoms with E-state index in [9.17, 15) is 4.79 Å². The third-order valence-electron chi connectivity index (χ3n) is 7.98. The van der Waals surface area contributed by atoms with Crippen molar-refractivity contribution in [2.75, 3.05) is 5.32 Å². The minimum absolute atomic E-state index is 0.0556. The van der Waals surface area contributed by atoms with Gasteiger partial charge in [0.15, 0.2) is 0 Å². The first kappa shape index (κ1) is 26.3. The van der Waals surface area contributed by atoms with Crippen LogP contribution in [-0.2, 0) is 19.4 Å². The summed E-state index contributed by atoms with van der Waals surface area (Å²) in [4.78, 5) is 20.2. The molecule has 2 heterocycles. The minimum atomic E-state index is -0.0556. The molecule has 0 saturated heterocycles. The van der Waals surface area contributed by atoms with E-state index < -0.39 is 0 Å². The largest absolute Gasteiger partial charge is 0.342 e. The first-order valence-electron chi connectivity index (χ1n) is 14.3. The average Bonchev–Trinajstić information content (AvgIpc) is 3.47. The summed E-state index contributed by atoms with van der Waals surface area (Å²) >= 11 is 1.70. The van der Waals surface area contributed by atoms with Crippen LogP contribution < -0.4 is 5.32 Å². The van der Waals surface area contributed by atoms with Crippen LogP contribution in [-0.4, -0.2) is 16.7 Å². The van der Waals surface area contributed by atoms with E-state index in [-0.39, 0.29) is 5.91 Å². The third kappa shape index (κ3) is 5.52. The number of hydrogen-bond donors (Lipinski definition) is 1. The molecule has 0 atom stereocenters. The topological polar surface area (TPSA) is 46.4 Å². The number of nitrogens with one attached hydrogen (secondary N) is 1. The van der Waals surface area contributed by atoms with Crippen LogP contribution >= 0.6 is 11.3 Å². The average molecular weight is 546 g/mol. The lowest BCUT2D eigenvalue weighted by Crippen LogP contribution is -2.14. The molecule has 1 aliphatic rings. The molecule has 40 heavy (non-hydrogen) atoms. The van der Waals surface area contributed by atoms with E-state index >= 15 is 0 Å². The fourth-order valence-corrected chi connectivity index (χ4v) is 6.89. The van der Waals surface area contributed by atoms with Gasteiger partial charge in [-0.3, -0.25) is 4.79 Å². The van der Waals surface area contributed by atoms with Crippen LogP contribution in [0.4, 0.5) is 10.7 Å². The van der Waals surface area contributed by atoms with Gasteiger partial charge in [0.25, 0.3) is 5.91 Å². The Bertz CT molecular complexity index is 1690. The molecule has 0 radical (unpaired) electrons. The second kappa shape index (κ2) is 11.6. The Labute approximate surface area is 240 Å². The quantitative estimate of drug-likeness (QED) is 0.213. The number of aryl methyl sites for hydroxylation is 3. The zero-order valence-electron chi connectivity index (χ0n) is 23.2. The molecule has 5 aromatic rings. The summed E-state index contributed by atoms with van der Waals surface area (Å²) in [5.74, 6) is -0.0556. The number of nitrogens with zero attached hydrogens (tertiary/aromatic N) is 2. The highest BCUT2D eigenvalue weighted by Crippen LogP contribution is 2.39. The molecule has 4 nitrogen and oxygen atoms in total. The second-order valence-electron chi connectivity index (χ2n) is 10.8. The molecule has 5 heteroatoms. The van der Waals surface area contributed by atoms with Crippen LogP contribution in [0.25, 0.3) is 10.9 Å². The van der Waals surface area contributed by atoms with Gasteiger partial charge in [0.1, 0.15) is 5.00 Å². The van der Waals surface area contributed by atoms with Crippen molar-refractivity contribution in [3.05, 3.63) is 117 Å². The maximum atomic E-state index is 13.8. The summed E-state index contributed by atoms with van der Waals surface area (Å²) in [5, 5.41) is 5.17. The van der Waals surface area contributed by atoms with Crippen LogP contribution in [0.2, 0.25) is 0 Å². The van der Waals surface area contributed by atoms with Gasteiger partial charge in [0.2, 0.25) is 0 Å². The maximum absolute atomic E-state index is 13.8. The molecule has 1 amide bonds. The molecular formula is C35H35N3OS. The van der Waals surface area contributed by atoms with Crippen molar-refractivity contribution < 1.29 is 4.79 Å². The molecule has 2 aromatic heterocycles. The van der Waals surface area contributed by atoms with Gasteiger partial charge in [-0.2, -0.15) is 0 Å². The van der Waals surface area contributed by atoms with Crippen LogP contribution in [0.15, 0.2) is 84.0 Å². The number of amides is 1. The lowest BCUT2D eigenvalue weighted by atomic mass is 9.96. The van der Waals surface area contributed by atoms with Crippen molar-refractivity contribution in [3.63, 3.8) is 0 Å². The molecule has 0 saturated carbocycles.